The molecule has 0 unspecified atom stereocenters. The number of carbonyl (C=O) groups excluding carboxylic acids is 2. The average molecular weight is 362 g/mol. The Morgan fingerprint density at radius 3 is 2.37 bits per heavy atom. The van der Waals surface area contributed by atoms with E-state index in [2.05, 4.69) is 15.6 Å². The van der Waals surface area contributed by atoms with Gasteiger partial charge in [0.15, 0.2) is 0 Å². The molecule has 6 nitrogen and oxygen atoms in total. The Morgan fingerprint density at radius 1 is 0.926 bits per heavy atom. The summed E-state index contributed by atoms with van der Waals surface area (Å²) in [7, 11) is 1.73. The number of aromatic nitrogens is 1. The molecule has 2 amide bonds. The predicted octanol–water partition coefficient (Wildman–Crippen LogP) is 3.05. The third-order valence-electron chi connectivity index (χ3n) is 4.07. The van der Waals surface area contributed by atoms with Crippen molar-refractivity contribution in [3.8, 4) is 0 Å². The van der Waals surface area contributed by atoms with Crippen LogP contribution in [0.1, 0.15) is 5.56 Å². The lowest BCUT2D eigenvalue weighted by Gasteiger charge is -2.16. The normalized spacial score (nSPS) is 10.8. The van der Waals surface area contributed by atoms with Crippen molar-refractivity contribution in [2.45, 2.75) is 6.92 Å². The summed E-state index contributed by atoms with van der Waals surface area (Å²) in [4.78, 5) is 30.2. The van der Waals surface area contributed by atoms with E-state index >= 15 is 0 Å². The van der Waals surface area contributed by atoms with Crippen molar-refractivity contribution < 1.29 is 9.59 Å². The molecule has 0 spiro atoms. The van der Waals surface area contributed by atoms with Gasteiger partial charge in [-0.05, 0) is 37.1 Å². The Bertz CT molecular complexity index is 949. The zero-order chi connectivity index (χ0) is 19.2. The maximum Gasteiger partial charge on any atom is 0.239 e. The number of hydrogen-bond acceptors (Lipinski definition) is 4. The van der Waals surface area contributed by atoms with Crippen LogP contribution < -0.4 is 10.6 Å². The summed E-state index contributed by atoms with van der Waals surface area (Å²) in [5, 5.41) is 7.69. The number of pyridine rings is 1. The van der Waals surface area contributed by atoms with Gasteiger partial charge in [-0.3, -0.25) is 14.5 Å². The number of nitrogens with zero attached hydrogens (tertiary/aromatic N) is 2. The Kier molecular flexibility index (Phi) is 5.78. The van der Waals surface area contributed by atoms with Crippen molar-refractivity contribution in [1.29, 1.82) is 0 Å². The van der Waals surface area contributed by atoms with Crippen LogP contribution in [0.5, 0.6) is 0 Å². The summed E-state index contributed by atoms with van der Waals surface area (Å²) < 4.78 is 0. The van der Waals surface area contributed by atoms with Gasteiger partial charge in [-0.15, -0.1) is 0 Å². The summed E-state index contributed by atoms with van der Waals surface area (Å²) >= 11 is 0. The second kappa shape index (κ2) is 8.42. The van der Waals surface area contributed by atoms with E-state index in [1.165, 1.54) is 0 Å². The topological polar surface area (TPSA) is 74.3 Å². The van der Waals surface area contributed by atoms with Crippen LogP contribution >= 0.6 is 0 Å². The molecule has 0 saturated carbocycles. The lowest BCUT2D eigenvalue weighted by atomic mass is 10.1. The standard InChI is InChI=1S/C21H22N4O2/c1-15-10-11-19(22-12-15)24-21(27)14-25(2)13-20(26)23-18-9-5-7-16-6-3-4-8-17(16)18/h3-12H,13-14H2,1-2H3,(H,23,26)(H,22,24,27). The molecule has 0 aliphatic carbocycles. The number of likely N-dealkylation sites (N-methyl/N-ethyl adjacent to an activating group) is 1. The molecular formula is C21H22N4O2. The molecule has 3 rings (SSSR count). The van der Waals surface area contributed by atoms with E-state index in [-0.39, 0.29) is 24.9 Å². The molecular weight excluding hydrogens is 340 g/mol. The van der Waals surface area contributed by atoms with Gasteiger partial charge in [-0.25, -0.2) is 4.98 Å². The van der Waals surface area contributed by atoms with Crippen molar-refractivity contribution in [2.24, 2.45) is 0 Å². The molecule has 0 fully saturated rings. The smallest absolute Gasteiger partial charge is 0.239 e. The summed E-state index contributed by atoms with van der Waals surface area (Å²) in [5.74, 6) is 0.112. The maximum atomic E-state index is 12.3. The summed E-state index contributed by atoms with van der Waals surface area (Å²) in [6.45, 7) is 2.14. The van der Waals surface area contributed by atoms with Crippen LogP contribution in [-0.2, 0) is 9.59 Å². The molecule has 0 atom stereocenters. The molecule has 1 heterocycles. The van der Waals surface area contributed by atoms with Crippen LogP contribution in [0, 0.1) is 6.92 Å². The van der Waals surface area contributed by atoms with E-state index in [4.69, 9.17) is 0 Å². The molecule has 0 aliphatic heterocycles. The van der Waals surface area contributed by atoms with Gasteiger partial charge in [0.1, 0.15) is 5.82 Å². The number of aryl methyl sites for hydroxylation is 1. The van der Waals surface area contributed by atoms with Crippen LogP contribution in [0.2, 0.25) is 0 Å². The highest BCUT2D eigenvalue weighted by Gasteiger charge is 2.12. The van der Waals surface area contributed by atoms with Crippen LogP contribution in [0.4, 0.5) is 11.5 Å². The number of rotatable bonds is 6. The first-order valence-electron chi connectivity index (χ1n) is 8.70. The number of amides is 2. The van der Waals surface area contributed by atoms with Gasteiger partial charge in [0.25, 0.3) is 0 Å². The van der Waals surface area contributed by atoms with E-state index in [0.29, 0.717) is 5.82 Å². The third kappa shape index (κ3) is 5.12. The monoisotopic (exact) mass is 362 g/mol. The molecule has 138 valence electrons. The summed E-state index contributed by atoms with van der Waals surface area (Å²) in [5.41, 5.74) is 1.79. The first-order chi connectivity index (χ1) is 13.0. The van der Waals surface area contributed by atoms with Gasteiger partial charge in [0.05, 0.1) is 13.1 Å². The van der Waals surface area contributed by atoms with Crippen LogP contribution in [0.25, 0.3) is 10.8 Å². The van der Waals surface area contributed by atoms with E-state index in [0.717, 1.165) is 22.0 Å². The molecule has 0 radical (unpaired) electrons. The molecule has 0 saturated heterocycles. The minimum atomic E-state index is -0.216. The van der Waals surface area contributed by atoms with Crippen molar-refractivity contribution in [3.05, 3.63) is 66.4 Å². The number of nitrogens with one attached hydrogen (secondary N) is 2. The number of fused-ring (bicyclic) bond motifs is 1. The Hall–Kier alpha value is -3.25. The Balaban J connectivity index is 1.54. The molecule has 2 N–H and O–H groups in total. The fourth-order valence-electron chi connectivity index (χ4n) is 2.79. The van der Waals surface area contributed by atoms with Gasteiger partial charge >= 0.3 is 0 Å². The van der Waals surface area contributed by atoms with Gasteiger partial charge in [0.2, 0.25) is 11.8 Å². The highest BCUT2D eigenvalue weighted by atomic mass is 16.2. The van der Waals surface area contributed by atoms with E-state index < -0.39 is 0 Å². The second-order valence-electron chi connectivity index (χ2n) is 6.52. The van der Waals surface area contributed by atoms with Crippen molar-refractivity contribution >= 4 is 34.1 Å². The minimum absolute atomic E-state index is 0.0957. The molecule has 27 heavy (non-hydrogen) atoms. The largest absolute Gasteiger partial charge is 0.324 e. The Labute approximate surface area is 158 Å². The van der Waals surface area contributed by atoms with E-state index in [1.807, 2.05) is 55.5 Å². The first-order valence-corrected chi connectivity index (χ1v) is 8.70. The lowest BCUT2D eigenvalue weighted by Crippen LogP contribution is -2.36. The maximum absolute atomic E-state index is 12.3. The lowest BCUT2D eigenvalue weighted by molar-refractivity contribution is -0.119. The molecule has 1 aromatic heterocycles. The van der Waals surface area contributed by atoms with Gasteiger partial charge in [-0.2, -0.15) is 0 Å². The summed E-state index contributed by atoms with van der Waals surface area (Å²) in [6.07, 6.45) is 1.69. The van der Waals surface area contributed by atoms with Crippen molar-refractivity contribution in [2.75, 3.05) is 30.8 Å². The molecule has 6 heteroatoms. The zero-order valence-electron chi connectivity index (χ0n) is 15.4. The van der Waals surface area contributed by atoms with Crippen LogP contribution in [0.15, 0.2) is 60.8 Å². The SMILES string of the molecule is Cc1ccc(NC(=O)CN(C)CC(=O)Nc2cccc3ccccc23)nc1. The fraction of sp³-hybridized carbons (Fsp3) is 0.190. The van der Waals surface area contributed by atoms with Crippen molar-refractivity contribution in [1.82, 2.24) is 9.88 Å². The zero-order valence-corrected chi connectivity index (χ0v) is 15.4. The van der Waals surface area contributed by atoms with E-state index in [9.17, 15) is 9.59 Å². The minimum Gasteiger partial charge on any atom is -0.324 e. The van der Waals surface area contributed by atoms with Gasteiger partial charge < -0.3 is 10.6 Å². The van der Waals surface area contributed by atoms with Gasteiger partial charge in [0, 0.05) is 17.3 Å². The molecule has 3 aromatic rings. The molecule has 0 bridgehead atoms. The second-order valence-corrected chi connectivity index (χ2v) is 6.52. The average Bonchev–Trinajstić information content (AvgIpc) is 2.63. The van der Waals surface area contributed by atoms with Crippen molar-refractivity contribution in [3.63, 3.8) is 0 Å². The first kappa shape index (κ1) is 18.5. The highest BCUT2D eigenvalue weighted by molar-refractivity contribution is 6.02. The van der Waals surface area contributed by atoms with Crippen LogP contribution in [0.3, 0.4) is 0 Å². The number of anilines is 2. The Morgan fingerprint density at radius 2 is 1.63 bits per heavy atom. The van der Waals surface area contributed by atoms with Gasteiger partial charge in [-0.1, -0.05) is 42.5 Å². The third-order valence-corrected chi connectivity index (χ3v) is 4.07. The molecule has 2 aromatic carbocycles. The van der Waals surface area contributed by atoms with E-state index in [1.54, 1.807) is 24.2 Å². The fourth-order valence-corrected chi connectivity index (χ4v) is 2.79. The summed E-state index contributed by atoms with van der Waals surface area (Å²) in [6, 6.07) is 17.3. The number of hydrogen-bond donors (Lipinski definition) is 2. The molecule has 0 aliphatic rings. The number of benzene rings is 2. The number of carbonyl (C=O) groups is 2. The highest BCUT2D eigenvalue weighted by Crippen LogP contribution is 2.22. The predicted molar refractivity (Wildman–Crippen MR) is 108 cm³/mol. The quantitative estimate of drug-likeness (QED) is 0.707. The van der Waals surface area contributed by atoms with Crippen LogP contribution in [-0.4, -0.2) is 41.8 Å².